The van der Waals surface area contributed by atoms with Crippen LogP contribution in [0.3, 0.4) is 0 Å². The highest BCUT2D eigenvalue weighted by atomic mass is 15.3. The highest BCUT2D eigenvalue weighted by Crippen LogP contribution is 2.29. The average molecular weight is 261 g/mol. The first-order valence-corrected chi connectivity index (χ1v) is 6.73. The van der Waals surface area contributed by atoms with Gasteiger partial charge in [-0.05, 0) is 26.2 Å². The lowest BCUT2D eigenvalue weighted by atomic mass is 10.1. The Bertz CT molecular complexity index is 577. The van der Waals surface area contributed by atoms with E-state index in [4.69, 9.17) is 5.73 Å². The van der Waals surface area contributed by atoms with Gasteiger partial charge in [-0.15, -0.1) is 0 Å². The zero-order valence-corrected chi connectivity index (χ0v) is 12.4. The third kappa shape index (κ3) is 2.64. The highest BCUT2D eigenvalue weighted by molar-refractivity contribution is 5.75. The van der Waals surface area contributed by atoms with E-state index in [1.165, 1.54) is 0 Å². The molecule has 5 heteroatoms. The maximum atomic E-state index is 6.11. The van der Waals surface area contributed by atoms with Crippen molar-refractivity contribution in [3.05, 3.63) is 17.6 Å². The number of nitrogen functional groups attached to an aromatic ring is 1. The van der Waals surface area contributed by atoms with Crippen molar-refractivity contribution in [2.75, 3.05) is 5.73 Å². The van der Waals surface area contributed by atoms with Crippen molar-refractivity contribution in [3.63, 3.8) is 0 Å². The van der Waals surface area contributed by atoms with Crippen LogP contribution in [-0.4, -0.2) is 19.6 Å². The minimum atomic E-state index is 0.663. The van der Waals surface area contributed by atoms with E-state index in [0.717, 1.165) is 41.3 Å². The van der Waals surface area contributed by atoms with Crippen LogP contribution < -0.4 is 5.73 Å². The molecular formula is C14H23N5. The zero-order chi connectivity index (χ0) is 14.2. The zero-order valence-electron chi connectivity index (χ0n) is 12.4. The van der Waals surface area contributed by atoms with E-state index in [9.17, 15) is 0 Å². The van der Waals surface area contributed by atoms with Gasteiger partial charge in [-0.1, -0.05) is 13.8 Å². The molecule has 0 bridgehead atoms. The summed E-state index contributed by atoms with van der Waals surface area (Å²) < 4.78 is 3.81. The van der Waals surface area contributed by atoms with Crippen LogP contribution in [0.4, 0.5) is 5.69 Å². The molecule has 0 aliphatic rings. The normalized spacial score (nSPS) is 11.5. The SMILES string of the molecule is Cc1nn(C)c(C)c1-c1nn(CCC(C)C)cc1N. The van der Waals surface area contributed by atoms with Gasteiger partial charge in [0.1, 0.15) is 5.69 Å². The molecular weight excluding hydrogens is 238 g/mol. The molecule has 0 aliphatic carbocycles. The van der Waals surface area contributed by atoms with Crippen LogP contribution in [0.25, 0.3) is 11.3 Å². The molecule has 2 aromatic rings. The van der Waals surface area contributed by atoms with Gasteiger partial charge in [0.05, 0.1) is 11.4 Å². The molecule has 0 aromatic carbocycles. The van der Waals surface area contributed by atoms with Crippen molar-refractivity contribution < 1.29 is 0 Å². The summed E-state index contributed by atoms with van der Waals surface area (Å²) in [5.74, 6) is 0.663. The summed E-state index contributed by atoms with van der Waals surface area (Å²) in [5, 5.41) is 9.05. The first kappa shape index (κ1) is 13.6. The largest absolute Gasteiger partial charge is 0.396 e. The number of nitrogens with two attached hydrogens (primary N) is 1. The van der Waals surface area contributed by atoms with Crippen LogP contribution in [-0.2, 0) is 13.6 Å². The minimum Gasteiger partial charge on any atom is -0.396 e. The number of aryl methyl sites for hydroxylation is 3. The van der Waals surface area contributed by atoms with Gasteiger partial charge in [0.15, 0.2) is 0 Å². The second-order valence-corrected chi connectivity index (χ2v) is 5.55. The lowest BCUT2D eigenvalue weighted by Gasteiger charge is -2.04. The summed E-state index contributed by atoms with van der Waals surface area (Å²) in [6.07, 6.45) is 3.02. The van der Waals surface area contributed by atoms with Gasteiger partial charge in [-0.25, -0.2) is 0 Å². The molecule has 19 heavy (non-hydrogen) atoms. The van der Waals surface area contributed by atoms with Crippen LogP contribution in [0.5, 0.6) is 0 Å². The predicted molar refractivity (Wildman–Crippen MR) is 77.8 cm³/mol. The second-order valence-electron chi connectivity index (χ2n) is 5.55. The average Bonchev–Trinajstić information content (AvgIpc) is 2.78. The van der Waals surface area contributed by atoms with Crippen LogP contribution in [0.15, 0.2) is 6.20 Å². The highest BCUT2D eigenvalue weighted by Gasteiger charge is 2.17. The van der Waals surface area contributed by atoms with Crippen LogP contribution >= 0.6 is 0 Å². The number of nitrogens with zero attached hydrogens (tertiary/aromatic N) is 4. The van der Waals surface area contributed by atoms with E-state index in [1.54, 1.807) is 0 Å². The Labute approximate surface area is 114 Å². The molecule has 0 atom stereocenters. The van der Waals surface area contributed by atoms with Crippen molar-refractivity contribution in [1.82, 2.24) is 19.6 Å². The predicted octanol–water partition coefficient (Wildman–Crippen LogP) is 2.53. The van der Waals surface area contributed by atoms with Crippen molar-refractivity contribution >= 4 is 5.69 Å². The number of anilines is 1. The van der Waals surface area contributed by atoms with Crippen LogP contribution in [0.1, 0.15) is 31.7 Å². The second kappa shape index (κ2) is 5.07. The molecule has 0 saturated carbocycles. The summed E-state index contributed by atoms with van der Waals surface area (Å²) in [6.45, 7) is 9.36. The molecule has 5 nitrogen and oxygen atoms in total. The summed E-state index contributed by atoms with van der Waals surface area (Å²) in [6, 6.07) is 0. The number of hydrogen-bond donors (Lipinski definition) is 1. The molecule has 2 N–H and O–H groups in total. The molecule has 2 aromatic heterocycles. The minimum absolute atomic E-state index is 0.663. The first-order chi connectivity index (χ1) is 8.90. The Morgan fingerprint density at radius 1 is 1.26 bits per heavy atom. The maximum Gasteiger partial charge on any atom is 0.119 e. The molecule has 2 heterocycles. The summed E-state index contributed by atoms with van der Waals surface area (Å²) in [7, 11) is 1.94. The number of rotatable bonds is 4. The molecule has 104 valence electrons. The smallest absolute Gasteiger partial charge is 0.119 e. The Balaban J connectivity index is 2.35. The third-order valence-corrected chi connectivity index (χ3v) is 3.47. The molecule has 0 fully saturated rings. The van der Waals surface area contributed by atoms with Gasteiger partial charge in [0, 0.05) is 31.0 Å². The fourth-order valence-electron chi connectivity index (χ4n) is 2.25. The Morgan fingerprint density at radius 2 is 1.95 bits per heavy atom. The van der Waals surface area contributed by atoms with Crippen molar-refractivity contribution in [1.29, 1.82) is 0 Å². The van der Waals surface area contributed by atoms with Crippen LogP contribution in [0, 0.1) is 19.8 Å². The molecule has 0 radical (unpaired) electrons. The fraction of sp³-hybridized carbons (Fsp3) is 0.571. The molecule has 0 amide bonds. The lowest BCUT2D eigenvalue weighted by molar-refractivity contribution is 0.488. The Hall–Kier alpha value is -1.78. The monoisotopic (exact) mass is 261 g/mol. The van der Waals surface area contributed by atoms with Crippen molar-refractivity contribution in [3.8, 4) is 11.3 Å². The van der Waals surface area contributed by atoms with Gasteiger partial charge in [0.2, 0.25) is 0 Å². The number of aromatic nitrogens is 4. The third-order valence-electron chi connectivity index (χ3n) is 3.47. The van der Waals surface area contributed by atoms with Gasteiger partial charge in [0.25, 0.3) is 0 Å². The Morgan fingerprint density at radius 3 is 2.47 bits per heavy atom. The molecule has 2 rings (SSSR count). The summed E-state index contributed by atoms with van der Waals surface area (Å²) in [5.41, 5.74) is 10.8. The summed E-state index contributed by atoms with van der Waals surface area (Å²) >= 11 is 0. The van der Waals surface area contributed by atoms with Crippen molar-refractivity contribution in [2.45, 2.75) is 40.7 Å². The quantitative estimate of drug-likeness (QED) is 0.920. The summed E-state index contributed by atoms with van der Waals surface area (Å²) in [4.78, 5) is 0. The van der Waals surface area contributed by atoms with Gasteiger partial charge >= 0.3 is 0 Å². The van der Waals surface area contributed by atoms with E-state index in [1.807, 2.05) is 36.5 Å². The maximum absolute atomic E-state index is 6.11. The van der Waals surface area contributed by atoms with Gasteiger partial charge in [-0.3, -0.25) is 9.36 Å². The van der Waals surface area contributed by atoms with Crippen molar-refractivity contribution in [2.24, 2.45) is 13.0 Å². The fourth-order valence-corrected chi connectivity index (χ4v) is 2.25. The van der Waals surface area contributed by atoms with Gasteiger partial charge in [-0.2, -0.15) is 10.2 Å². The lowest BCUT2D eigenvalue weighted by Crippen LogP contribution is -2.02. The van der Waals surface area contributed by atoms with E-state index in [-0.39, 0.29) is 0 Å². The van der Waals surface area contributed by atoms with E-state index in [0.29, 0.717) is 5.92 Å². The molecule has 0 unspecified atom stereocenters. The van der Waals surface area contributed by atoms with Crippen LogP contribution in [0.2, 0.25) is 0 Å². The van der Waals surface area contributed by atoms with E-state index >= 15 is 0 Å². The molecule has 0 aliphatic heterocycles. The topological polar surface area (TPSA) is 61.7 Å². The molecule has 0 spiro atoms. The van der Waals surface area contributed by atoms with E-state index < -0.39 is 0 Å². The first-order valence-electron chi connectivity index (χ1n) is 6.73. The van der Waals surface area contributed by atoms with Gasteiger partial charge < -0.3 is 5.73 Å². The number of hydrogen-bond acceptors (Lipinski definition) is 3. The van der Waals surface area contributed by atoms with E-state index in [2.05, 4.69) is 24.0 Å². The standard InChI is InChI=1S/C14H23N5/c1-9(2)6-7-19-8-12(15)14(17-19)13-10(3)16-18(5)11(13)4/h8-9H,6-7,15H2,1-5H3. The Kier molecular flexibility index (Phi) is 3.64. The molecule has 0 saturated heterocycles.